The Kier molecular flexibility index (Phi) is 4.87. The van der Waals surface area contributed by atoms with E-state index in [1.165, 1.54) is 11.3 Å². The second-order valence-corrected chi connectivity index (χ2v) is 7.59. The average Bonchev–Trinajstić information content (AvgIpc) is 3.24. The van der Waals surface area contributed by atoms with E-state index in [0.29, 0.717) is 11.4 Å². The molecule has 2 aromatic heterocycles. The van der Waals surface area contributed by atoms with Crippen LogP contribution in [0.3, 0.4) is 0 Å². The smallest absolute Gasteiger partial charge is 0.262 e. The lowest BCUT2D eigenvalue weighted by Crippen LogP contribution is -2.20. The highest BCUT2D eigenvalue weighted by Crippen LogP contribution is 2.27. The van der Waals surface area contributed by atoms with Gasteiger partial charge in [-0.1, -0.05) is 39.4 Å². The van der Waals surface area contributed by atoms with Gasteiger partial charge in [-0.25, -0.2) is 0 Å². The normalized spacial score (nSPS) is 10.9. The van der Waals surface area contributed by atoms with Crippen molar-refractivity contribution in [3.8, 4) is 16.3 Å². The van der Waals surface area contributed by atoms with Crippen molar-refractivity contribution < 1.29 is 9.53 Å². The summed E-state index contributed by atoms with van der Waals surface area (Å²) in [5, 5.41) is 16.2. The first-order valence-corrected chi connectivity index (χ1v) is 9.67. The van der Waals surface area contributed by atoms with Gasteiger partial charge in [-0.2, -0.15) is 9.61 Å². The van der Waals surface area contributed by atoms with Gasteiger partial charge < -0.3 is 10.1 Å². The summed E-state index contributed by atoms with van der Waals surface area (Å²) >= 11 is 4.80. The van der Waals surface area contributed by atoms with Crippen LogP contribution >= 0.6 is 27.3 Å². The van der Waals surface area contributed by atoms with Crippen LogP contribution in [0.4, 0.5) is 5.69 Å². The summed E-state index contributed by atoms with van der Waals surface area (Å²) < 4.78 is 8.15. The van der Waals surface area contributed by atoms with E-state index in [1.54, 1.807) is 16.6 Å². The Labute approximate surface area is 167 Å². The van der Waals surface area contributed by atoms with Crippen LogP contribution in [-0.4, -0.2) is 32.3 Å². The number of ether oxygens (including phenoxy) is 1. The third kappa shape index (κ3) is 3.99. The molecule has 0 saturated heterocycles. The minimum absolute atomic E-state index is 0.0677. The van der Waals surface area contributed by atoms with Gasteiger partial charge in [0.1, 0.15) is 10.8 Å². The zero-order valence-corrected chi connectivity index (χ0v) is 16.6. The van der Waals surface area contributed by atoms with Crippen molar-refractivity contribution in [2.24, 2.45) is 0 Å². The monoisotopic (exact) mass is 443 g/mol. The zero-order valence-electron chi connectivity index (χ0n) is 14.2. The molecule has 0 fully saturated rings. The molecule has 0 saturated carbocycles. The topological polar surface area (TPSA) is 81.4 Å². The molecule has 2 heterocycles. The lowest BCUT2D eigenvalue weighted by molar-refractivity contribution is -0.118. The maximum Gasteiger partial charge on any atom is 0.262 e. The van der Waals surface area contributed by atoms with Crippen molar-refractivity contribution in [3.05, 3.63) is 58.8 Å². The highest BCUT2D eigenvalue weighted by molar-refractivity contribution is 9.10. The van der Waals surface area contributed by atoms with Crippen LogP contribution in [0.1, 0.15) is 5.82 Å². The van der Waals surface area contributed by atoms with Crippen LogP contribution in [0.5, 0.6) is 5.75 Å². The second-order valence-electron chi connectivity index (χ2n) is 5.72. The number of aryl methyl sites for hydroxylation is 1. The fourth-order valence-electron chi connectivity index (χ4n) is 2.44. The Morgan fingerprint density at radius 2 is 2.04 bits per heavy atom. The van der Waals surface area contributed by atoms with Crippen molar-refractivity contribution >= 4 is 43.8 Å². The van der Waals surface area contributed by atoms with Gasteiger partial charge in [0, 0.05) is 15.7 Å². The molecule has 4 rings (SSSR count). The summed E-state index contributed by atoms with van der Waals surface area (Å²) in [6.45, 7) is 1.79. The average molecular weight is 444 g/mol. The molecule has 4 aromatic rings. The van der Waals surface area contributed by atoms with Gasteiger partial charge >= 0.3 is 0 Å². The highest BCUT2D eigenvalue weighted by Gasteiger charge is 2.11. The number of hydrogen-bond acceptors (Lipinski definition) is 6. The Balaban J connectivity index is 1.44. The molecular formula is C18H14BrN5O2S. The number of fused-ring (bicyclic) bond motifs is 1. The minimum Gasteiger partial charge on any atom is -0.484 e. The molecule has 0 aliphatic rings. The Morgan fingerprint density at radius 3 is 2.81 bits per heavy atom. The number of carbonyl (C=O) groups is 1. The van der Waals surface area contributed by atoms with Gasteiger partial charge in [0.05, 0.1) is 0 Å². The Hall–Kier alpha value is -2.78. The highest BCUT2D eigenvalue weighted by atomic mass is 79.9. The summed E-state index contributed by atoms with van der Waals surface area (Å²) in [6, 6.07) is 14.8. The Bertz CT molecular complexity index is 1110. The molecule has 0 spiro atoms. The van der Waals surface area contributed by atoms with Gasteiger partial charge in [0.2, 0.25) is 4.96 Å². The molecule has 2 aromatic carbocycles. The first-order valence-electron chi connectivity index (χ1n) is 8.06. The number of amides is 1. The van der Waals surface area contributed by atoms with Gasteiger partial charge in [-0.05, 0) is 43.3 Å². The summed E-state index contributed by atoms with van der Waals surface area (Å²) in [7, 11) is 0. The van der Waals surface area contributed by atoms with E-state index >= 15 is 0 Å². The molecule has 1 amide bonds. The van der Waals surface area contributed by atoms with Crippen molar-refractivity contribution in [2.75, 3.05) is 11.9 Å². The fourth-order valence-corrected chi connectivity index (χ4v) is 3.58. The minimum atomic E-state index is -0.232. The largest absolute Gasteiger partial charge is 0.484 e. The predicted octanol–water partition coefficient (Wildman–Crippen LogP) is 3.94. The quantitative estimate of drug-likeness (QED) is 0.504. The number of halogens is 1. The van der Waals surface area contributed by atoms with Crippen molar-refractivity contribution in [1.82, 2.24) is 19.8 Å². The Morgan fingerprint density at radius 1 is 1.22 bits per heavy atom. The summed E-state index contributed by atoms with van der Waals surface area (Å²) in [6.07, 6.45) is 0. The lowest BCUT2D eigenvalue weighted by Gasteiger charge is -2.08. The number of nitrogens with one attached hydrogen (secondary N) is 1. The second kappa shape index (κ2) is 7.45. The molecule has 9 heteroatoms. The van der Waals surface area contributed by atoms with E-state index in [1.807, 2.05) is 43.3 Å². The van der Waals surface area contributed by atoms with E-state index in [4.69, 9.17) is 4.74 Å². The lowest BCUT2D eigenvalue weighted by atomic mass is 10.2. The molecule has 7 nitrogen and oxygen atoms in total. The maximum absolute atomic E-state index is 12.2. The number of anilines is 1. The van der Waals surface area contributed by atoms with Gasteiger partial charge in [0.15, 0.2) is 12.4 Å². The van der Waals surface area contributed by atoms with Crippen LogP contribution in [0.2, 0.25) is 0 Å². The van der Waals surface area contributed by atoms with Crippen molar-refractivity contribution in [2.45, 2.75) is 6.92 Å². The van der Waals surface area contributed by atoms with E-state index in [2.05, 4.69) is 36.5 Å². The molecule has 0 aliphatic heterocycles. The first kappa shape index (κ1) is 17.6. The summed E-state index contributed by atoms with van der Waals surface area (Å²) in [5.41, 5.74) is 1.58. The SMILES string of the molecule is Cc1nnc2sc(-c3cccc(NC(=O)COc4ccc(Br)cc4)c3)nn12. The van der Waals surface area contributed by atoms with E-state index in [9.17, 15) is 4.79 Å². The van der Waals surface area contributed by atoms with Crippen LogP contribution < -0.4 is 10.1 Å². The molecule has 27 heavy (non-hydrogen) atoms. The molecule has 1 N–H and O–H groups in total. The molecule has 0 unspecified atom stereocenters. The van der Waals surface area contributed by atoms with Gasteiger partial charge in [0.25, 0.3) is 5.91 Å². The summed E-state index contributed by atoms with van der Waals surface area (Å²) in [5.74, 6) is 1.14. The number of carbonyl (C=O) groups excluding carboxylic acids is 1. The third-order valence-corrected chi connectivity index (χ3v) is 5.20. The molecular weight excluding hydrogens is 430 g/mol. The van der Waals surface area contributed by atoms with Gasteiger partial charge in [-0.3, -0.25) is 4.79 Å². The van der Waals surface area contributed by atoms with Crippen molar-refractivity contribution in [3.63, 3.8) is 0 Å². The number of benzene rings is 2. The van der Waals surface area contributed by atoms with Crippen LogP contribution in [0.25, 0.3) is 15.5 Å². The van der Waals surface area contributed by atoms with Gasteiger partial charge in [-0.15, -0.1) is 10.2 Å². The van der Waals surface area contributed by atoms with Crippen molar-refractivity contribution in [1.29, 1.82) is 0 Å². The molecule has 0 bridgehead atoms. The number of hydrogen-bond donors (Lipinski definition) is 1. The third-order valence-electron chi connectivity index (χ3n) is 3.72. The van der Waals surface area contributed by atoms with E-state index in [0.717, 1.165) is 25.8 Å². The number of rotatable bonds is 5. The van der Waals surface area contributed by atoms with Crippen LogP contribution in [-0.2, 0) is 4.79 Å². The molecule has 136 valence electrons. The van der Waals surface area contributed by atoms with Crippen LogP contribution in [0.15, 0.2) is 53.0 Å². The van der Waals surface area contributed by atoms with E-state index < -0.39 is 0 Å². The summed E-state index contributed by atoms with van der Waals surface area (Å²) in [4.78, 5) is 12.9. The molecule has 0 atom stereocenters. The van der Waals surface area contributed by atoms with E-state index in [-0.39, 0.29) is 12.5 Å². The number of nitrogens with zero attached hydrogens (tertiary/aromatic N) is 4. The first-order chi connectivity index (χ1) is 13.1. The molecule has 0 aliphatic carbocycles. The molecule has 0 radical (unpaired) electrons. The number of aromatic nitrogens is 4. The fraction of sp³-hybridized carbons (Fsp3) is 0.111. The predicted molar refractivity (Wildman–Crippen MR) is 107 cm³/mol. The van der Waals surface area contributed by atoms with Crippen LogP contribution in [0, 0.1) is 6.92 Å². The maximum atomic E-state index is 12.2. The zero-order chi connectivity index (χ0) is 18.8. The standard InChI is InChI=1S/C18H14BrN5O2S/c1-11-21-22-18-24(11)23-17(27-18)12-3-2-4-14(9-12)20-16(25)10-26-15-7-5-13(19)6-8-15/h2-9H,10H2,1H3,(H,20,25).